The summed E-state index contributed by atoms with van der Waals surface area (Å²) in [5.41, 5.74) is 0. The lowest BCUT2D eigenvalue weighted by atomic mass is 10.0. The number of carbonyl (C=O) groups is 2. The van der Waals surface area contributed by atoms with Crippen molar-refractivity contribution in [1.82, 2.24) is 0 Å². The zero-order chi connectivity index (χ0) is 28.1. The maximum Gasteiger partial charge on any atom is 0.332 e. The Kier molecular flexibility index (Phi) is 28.0. The van der Waals surface area contributed by atoms with E-state index in [1.54, 1.807) is 0 Å². The van der Waals surface area contributed by atoms with Gasteiger partial charge in [-0.1, -0.05) is 129 Å². The average Bonchev–Trinajstić information content (AvgIpc) is 2.89. The van der Waals surface area contributed by atoms with Crippen molar-refractivity contribution in [3.8, 4) is 0 Å². The minimum absolute atomic E-state index is 0.169. The van der Waals surface area contributed by atoms with Crippen LogP contribution in [0.2, 0.25) is 0 Å². The summed E-state index contributed by atoms with van der Waals surface area (Å²) in [6, 6.07) is 0. The van der Waals surface area contributed by atoms with Crippen molar-refractivity contribution >= 4 is 11.9 Å². The van der Waals surface area contributed by atoms with Crippen LogP contribution in [-0.2, 0) is 23.8 Å². The molecule has 6 heteroatoms. The highest BCUT2D eigenvalue weighted by Crippen LogP contribution is 2.15. The molecule has 1 N–H and O–H groups in total. The van der Waals surface area contributed by atoms with E-state index < -0.39 is 12.1 Å². The Morgan fingerprint density at radius 2 is 0.974 bits per heavy atom. The Morgan fingerprint density at radius 1 is 0.579 bits per heavy atom. The van der Waals surface area contributed by atoms with Crippen LogP contribution in [0.4, 0.5) is 0 Å². The molecule has 0 aliphatic carbocycles. The first-order chi connectivity index (χ1) is 18.5. The highest BCUT2D eigenvalue weighted by Gasteiger charge is 2.16. The van der Waals surface area contributed by atoms with Crippen LogP contribution in [0.5, 0.6) is 0 Å². The van der Waals surface area contributed by atoms with Gasteiger partial charge in [0, 0.05) is 6.92 Å². The summed E-state index contributed by atoms with van der Waals surface area (Å²) in [4.78, 5) is 23.6. The molecule has 0 aromatic carbocycles. The van der Waals surface area contributed by atoms with E-state index in [0.717, 1.165) is 32.1 Å². The molecule has 0 aromatic heterocycles. The molecule has 0 spiro atoms. The molecule has 6 nitrogen and oxygen atoms in total. The molecule has 2 atom stereocenters. The number of aliphatic hydroxyl groups is 1. The summed E-state index contributed by atoms with van der Waals surface area (Å²) < 4.78 is 16.3. The molecule has 0 saturated heterocycles. The third kappa shape index (κ3) is 26.5. The molecule has 0 aliphatic rings. The lowest BCUT2D eigenvalue weighted by Gasteiger charge is -2.18. The molecule has 0 heterocycles. The number of aliphatic hydroxyl groups excluding tert-OH is 1. The van der Waals surface area contributed by atoms with Crippen LogP contribution in [0.1, 0.15) is 162 Å². The molecular formula is C32H62O6. The van der Waals surface area contributed by atoms with Gasteiger partial charge in [0.25, 0.3) is 0 Å². The topological polar surface area (TPSA) is 82.1 Å². The van der Waals surface area contributed by atoms with E-state index in [0.29, 0.717) is 6.42 Å². The smallest absolute Gasteiger partial charge is 0.332 e. The van der Waals surface area contributed by atoms with E-state index in [-0.39, 0.29) is 31.9 Å². The molecule has 226 valence electrons. The van der Waals surface area contributed by atoms with Gasteiger partial charge >= 0.3 is 11.9 Å². The van der Waals surface area contributed by atoms with E-state index in [2.05, 4.69) is 13.8 Å². The van der Waals surface area contributed by atoms with Gasteiger partial charge in [0.1, 0.15) is 18.8 Å². The number of ether oxygens (including phenoxy) is 3. The van der Waals surface area contributed by atoms with Gasteiger partial charge in [-0.2, -0.15) is 0 Å². The molecule has 0 aromatic rings. The van der Waals surface area contributed by atoms with Crippen molar-refractivity contribution in [2.75, 3.05) is 19.8 Å². The Bertz CT molecular complexity index is 524. The lowest BCUT2D eigenvalue weighted by Crippen LogP contribution is -2.27. The molecule has 0 radical (unpaired) electrons. The fraction of sp³-hybridized carbons (Fsp3) is 0.938. The van der Waals surface area contributed by atoms with Crippen molar-refractivity contribution < 1.29 is 28.9 Å². The number of esters is 2. The first kappa shape index (κ1) is 36.9. The fourth-order valence-corrected chi connectivity index (χ4v) is 4.81. The second-order valence-electron chi connectivity index (χ2n) is 11.0. The van der Waals surface area contributed by atoms with Crippen LogP contribution in [-0.4, -0.2) is 49.1 Å². The zero-order valence-corrected chi connectivity index (χ0v) is 25.3. The van der Waals surface area contributed by atoms with Crippen LogP contribution < -0.4 is 0 Å². The molecule has 2 unspecified atom stereocenters. The number of unbranched alkanes of at least 4 members (excludes halogenated alkanes) is 18. The van der Waals surface area contributed by atoms with E-state index in [1.165, 1.54) is 110 Å². The third-order valence-electron chi connectivity index (χ3n) is 7.12. The molecule has 38 heavy (non-hydrogen) atoms. The highest BCUT2D eigenvalue weighted by molar-refractivity contribution is 5.70. The SMILES string of the molecule is CCCCCCCCCCCCC(COCC(=O)OC(CO)CCCCCCCCCCCC)OC(C)=O. The van der Waals surface area contributed by atoms with Gasteiger partial charge in [-0.25, -0.2) is 4.79 Å². The van der Waals surface area contributed by atoms with Gasteiger partial charge in [0.05, 0.1) is 13.2 Å². The Hall–Kier alpha value is -1.14. The van der Waals surface area contributed by atoms with E-state index >= 15 is 0 Å². The Balaban J connectivity index is 3.90. The Labute approximate surface area is 235 Å². The van der Waals surface area contributed by atoms with Gasteiger partial charge in [0.15, 0.2) is 0 Å². The average molecular weight is 543 g/mol. The van der Waals surface area contributed by atoms with Gasteiger partial charge in [-0.15, -0.1) is 0 Å². The van der Waals surface area contributed by atoms with Crippen molar-refractivity contribution in [3.05, 3.63) is 0 Å². The van der Waals surface area contributed by atoms with E-state index in [9.17, 15) is 14.7 Å². The number of hydrogen-bond acceptors (Lipinski definition) is 6. The van der Waals surface area contributed by atoms with E-state index in [1.807, 2.05) is 0 Å². The number of carbonyl (C=O) groups excluding carboxylic acids is 2. The largest absolute Gasteiger partial charge is 0.460 e. The predicted octanol–water partition coefficient (Wildman–Crippen LogP) is 8.46. The van der Waals surface area contributed by atoms with Crippen LogP contribution in [0.3, 0.4) is 0 Å². The second-order valence-corrected chi connectivity index (χ2v) is 11.0. The highest BCUT2D eigenvalue weighted by atomic mass is 16.6. The van der Waals surface area contributed by atoms with Crippen molar-refractivity contribution in [2.24, 2.45) is 0 Å². The summed E-state index contributed by atoms with van der Waals surface area (Å²) in [6.07, 6.45) is 25.6. The van der Waals surface area contributed by atoms with Gasteiger partial charge in [-0.05, 0) is 25.7 Å². The summed E-state index contributed by atoms with van der Waals surface area (Å²) >= 11 is 0. The van der Waals surface area contributed by atoms with Gasteiger partial charge in [-0.3, -0.25) is 4.79 Å². The summed E-state index contributed by atoms with van der Waals surface area (Å²) in [5.74, 6) is -0.804. The van der Waals surface area contributed by atoms with Crippen LogP contribution in [0.15, 0.2) is 0 Å². The number of hydrogen-bond donors (Lipinski definition) is 1. The zero-order valence-electron chi connectivity index (χ0n) is 25.3. The summed E-state index contributed by atoms with van der Waals surface area (Å²) in [5, 5.41) is 9.58. The quantitative estimate of drug-likeness (QED) is 0.0754. The lowest BCUT2D eigenvalue weighted by molar-refractivity contribution is -0.160. The molecule has 0 rings (SSSR count). The van der Waals surface area contributed by atoms with Gasteiger partial charge in [0.2, 0.25) is 0 Å². The first-order valence-electron chi connectivity index (χ1n) is 16.1. The fourth-order valence-electron chi connectivity index (χ4n) is 4.81. The van der Waals surface area contributed by atoms with E-state index in [4.69, 9.17) is 14.2 Å². The third-order valence-corrected chi connectivity index (χ3v) is 7.12. The van der Waals surface area contributed by atoms with Gasteiger partial charge < -0.3 is 19.3 Å². The van der Waals surface area contributed by atoms with Crippen molar-refractivity contribution in [2.45, 2.75) is 174 Å². The Morgan fingerprint density at radius 3 is 1.37 bits per heavy atom. The molecule has 0 fully saturated rings. The molecular weight excluding hydrogens is 480 g/mol. The van der Waals surface area contributed by atoms with Crippen LogP contribution >= 0.6 is 0 Å². The van der Waals surface area contributed by atoms with Crippen LogP contribution in [0.25, 0.3) is 0 Å². The minimum Gasteiger partial charge on any atom is -0.460 e. The number of rotatable bonds is 29. The standard InChI is InChI=1S/C32H62O6/c1-4-6-8-10-12-14-16-18-20-22-24-30(26-33)38-32(35)28-36-27-31(37-29(3)34)25-23-21-19-17-15-13-11-9-7-5-2/h30-31,33H,4-28H2,1-3H3. The molecule has 0 saturated carbocycles. The second kappa shape index (κ2) is 28.9. The summed E-state index contributed by atoms with van der Waals surface area (Å²) in [6.45, 7) is 5.72. The summed E-state index contributed by atoms with van der Waals surface area (Å²) in [7, 11) is 0. The first-order valence-corrected chi connectivity index (χ1v) is 16.1. The van der Waals surface area contributed by atoms with Crippen molar-refractivity contribution in [3.63, 3.8) is 0 Å². The normalized spacial score (nSPS) is 12.8. The molecule has 0 bridgehead atoms. The maximum atomic E-state index is 12.2. The predicted molar refractivity (Wildman–Crippen MR) is 156 cm³/mol. The molecule has 0 amide bonds. The van der Waals surface area contributed by atoms with Crippen LogP contribution in [0, 0.1) is 0 Å². The minimum atomic E-state index is -0.476. The molecule has 0 aliphatic heterocycles. The maximum absolute atomic E-state index is 12.2. The monoisotopic (exact) mass is 542 g/mol. The van der Waals surface area contributed by atoms with Crippen molar-refractivity contribution in [1.29, 1.82) is 0 Å².